The van der Waals surface area contributed by atoms with Crippen LogP contribution in [0.2, 0.25) is 0 Å². The van der Waals surface area contributed by atoms with Crippen molar-refractivity contribution in [2.75, 3.05) is 30.3 Å². The van der Waals surface area contributed by atoms with E-state index in [0.29, 0.717) is 80.4 Å². The van der Waals surface area contributed by atoms with Gasteiger partial charge in [-0.3, -0.25) is 43.5 Å². The van der Waals surface area contributed by atoms with Crippen molar-refractivity contribution in [3.63, 3.8) is 0 Å². The third kappa shape index (κ3) is 17.4. The molecule has 8 N–H and O–H groups in total. The molecule has 0 radical (unpaired) electrons. The highest BCUT2D eigenvalue weighted by molar-refractivity contribution is 6.07. The number of amides is 5. The molecule has 5 aliphatic heterocycles. The van der Waals surface area contributed by atoms with Crippen molar-refractivity contribution in [1.29, 1.82) is 0 Å². The Morgan fingerprint density at radius 3 is 1.46 bits per heavy atom. The summed E-state index contributed by atoms with van der Waals surface area (Å²) >= 11 is 0. The van der Waals surface area contributed by atoms with E-state index in [-0.39, 0.29) is 102 Å². The fourth-order valence-corrected chi connectivity index (χ4v) is 16.1. The lowest BCUT2D eigenvalue weighted by Crippen LogP contribution is -3.00. The number of piperidine rings is 3. The van der Waals surface area contributed by atoms with Crippen molar-refractivity contribution in [2.24, 2.45) is 5.92 Å². The number of carboxylic acid groups (broad SMARTS) is 1. The number of aromatic carboxylic acids is 1. The van der Waals surface area contributed by atoms with Gasteiger partial charge in [-0.1, -0.05) is 133 Å². The van der Waals surface area contributed by atoms with Gasteiger partial charge in [-0.25, -0.2) is 9.97 Å². The largest absolute Gasteiger partial charge is 1.00 e. The molecule has 2 spiro atoms. The van der Waals surface area contributed by atoms with Crippen molar-refractivity contribution in [1.82, 2.24) is 34.6 Å². The fraction of sp³-hybridized carbons (Fsp3) is 0.358. The molecular weight excluding hydrogens is 1410 g/mol. The van der Waals surface area contributed by atoms with Crippen molar-refractivity contribution in [3.05, 3.63) is 243 Å². The summed E-state index contributed by atoms with van der Waals surface area (Å²) < 4.78 is 42.7. The van der Waals surface area contributed by atoms with Gasteiger partial charge < -0.3 is 63.8 Å². The van der Waals surface area contributed by atoms with Crippen LogP contribution in [0.1, 0.15) is 155 Å². The Bertz CT molecular complexity index is 4530. The topological polar surface area (TPSA) is 309 Å². The molecular formula is C81H88Cl2F3N11O10. The first-order chi connectivity index (χ1) is 50.3. The van der Waals surface area contributed by atoms with Gasteiger partial charge in [0, 0.05) is 134 Å². The van der Waals surface area contributed by atoms with Crippen LogP contribution in [-0.2, 0) is 65.3 Å². The van der Waals surface area contributed by atoms with Crippen LogP contribution in [-0.4, -0.2) is 138 Å². The smallest absolute Gasteiger partial charge is 0.406 e. The molecule has 21 nitrogen and oxygen atoms in total. The summed E-state index contributed by atoms with van der Waals surface area (Å²) in [5.74, 6) is 0.161. The first kappa shape index (κ1) is 80.8. The van der Waals surface area contributed by atoms with Crippen LogP contribution in [0.5, 0.6) is 5.75 Å². The van der Waals surface area contributed by atoms with E-state index in [1.807, 2.05) is 116 Å². The maximum atomic E-state index is 13.5. The van der Waals surface area contributed by atoms with Gasteiger partial charge in [-0.15, -0.1) is 12.4 Å². The van der Waals surface area contributed by atoms with Gasteiger partial charge in [-0.05, 0) is 118 Å². The zero-order valence-electron chi connectivity index (χ0n) is 60.3. The number of aryl methyl sites for hydroxylation is 1. The molecule has 2 aliphatic carbocycles. The number of hydrogen-bond acceptors (Lipinski definition) is 14. The number of carboxylic acids is 1. The Labute approximate surface area is 631 Å². The molecule has 0 saturated carbocycles. The summed E-state index contributed by atoms with van der Waals surface area (Å²) in [6.07, 6.45) is 6.26. The Morgan fingerprint density at radius 1 is 0.579 bits per heavy atom. The zero-order valence-corrected chi connectivity index (χ0v) is 61.9. The molecule has 11 atom stereocenters. The highest BCUT2D eigenvalue weighted by Gasteiger charge is 2.54. The molecule has 562 valence electrons. The summed E-state index contributed by atoms with van der Waals surface area (Å²) in [6.45, 7) is 12.4. The number of rotatable bonds is 12. The molecule has 4 aromatic carbocycles. The quantitative estimate of drug-likeness (QED) is 0.0874. The molecule has 7 aliphatic rings. The average molecular weight is 1500 g/mol. The van der Waals surface area contributed by atoms with Crippen LogP contribution in [0.4, 0.5) is 24.8 Å². The number of nitrogens with zero attached hydrogens (tertiary/aromatic N) is 7. The minimum absolute atomic E-state index is 0. The Balaban J connectivity index is 0.000000164. The highest BCUT2D eigenvalue weighted by Crippen LogP contribution is 2.48. The molecule has 3 fully saturated rings. The minimum Gasteiger partial charge on any atom is -1.00 e. The predicted octanol–water partition coefficient (Wildman–Crippen LogP) is 5.45. The van der Waals surface area contributed by atoms with Crippen molar-refractivity contribution in [3.8, 4) is 5.75 Å². The Hall–Kier alpha value is -10.3. The second-order valence-corrected chi connectivity index (χ2v) is 28.1. The SMILES string of the molecule is CCN1C(=O)[C@@H](CC(=O)c2cnc3c(c2)C[C@@]2(C3)C(=O)Nc3ncccc32)C[C@@H](c2ccccc2)[C@H]1C.CCN1C(=O)[C@@H]([NH3+])C[C@@H](c2ccccc2)[C@H]1C.C[C@@H]1[C@H](c2ccccc2)C[C@H]([NH3+])C(=O)N1CC(F)(F)F.Cc1ccc(C(=O)[O-])cc1.Cl.O=COc1cnc2c(c1)C[C@@]1(C2)C(=O)Nc2ncccc21.[Cl-]. The number of halogens is 5. The van der Waals surface area contributed by atoms with Crippen LogP contribution < -0.4 is 44.4 Å². The van der Waals surface area contributed by atoms with Crippen molar-refractivity contribution >= 4 is 71.8 Å². The summed E-state index contributed by atoms with van der Waals surface area (Å²) in [5.41, 5.74) is 16.9. The van der Waals surface area contributed by atoms with E-state index in [4.69, 9.17) is 4.74 Å². The molecule has 107 heavy (non-hydrogen) atoms. The van der Waals surface area contributed by atoms with Crippen LogP contribution in [0.25, 0.3) is 0 Å². The number of Topliss-reactive ketones (excluding diaryl/α,β-unsaturated/α-hetero) is 1. The lowest BCUT2D eigenvalue weighted by molar-refractivity contribution is -0.412. The van der Waals surface area contributed by atoms with E-state index >= 15 is 0 Å². The van der Waals surface area contributed by atoms with Gasteiger partial charge in [0.25, 0.3) is 18.3 Å². The maximum absolute atomic E-state index is 13.5. The standard InChI is InChI=1S/C30H30N4O3.C15H11N3O3.C14H17F3N2O.C14H20N2O.C8H8O2.2ClH/c1-3-34-18(2)23(19-8-5-4-6-9-19)13-20(28(34)36)14-26(35)22-12-21-15-30(16-25(21)32-17-22)24-10-7-11-31-27(24)33-29(30)37;19-8-21-10-4-9-5-15(6-12(9)17-7-10)11-2-1-3-16-13(11)18-14(15)20;1-9-11(10-5-3-2-4-6-10)7-12(18)13(20)19(9)8-14(15,16)17;1-3-16-10(2)12(9-13(15)14(16)17)11-7-5-4-6-8-11;1-6-2-4-7(5-3-6)8(9)10;;/h4-12,17-18,20,23H,3,13-16H2,1-2H3,(H,31,33,37);1-4,7-8H,5-6H2,(H,16,18,20);2-6,9,11-12H,7-8,18H2,1H3;4-8,10,12-13H,3,9,15H2,1-2H3;2-5H,1H3,(H,9,10);2*1H/t18-,20-,23-,30+;15-;9-,11-,12+;10-,12-,13+;;;/m1011.../s1. The summed E-state index contributed by atoms with van der Waals surface area (Å²) in [7, 11) is 0. The van der Waals surface area contributed by atoms with Gasteiger partial charge in [0.15, 0.2) is 17.9 Å². The van der Waals surface area contributed by atoms with E-state index in [2.05, 4.69) is 92.3 Å². The number of alkyl halides is 3. The van der Waals surface area contributed by atoms with Gasteiger partial charge >= 0.3 is 6.18 Å². The van der Waals surface area contributed by atoms with Gasteiger partial charge in [0.1, 0.15) is 23.9 Å². The van der Waals surface area contributed by atoms with Crippen molar-refractivity contribution < 1.29 is 85.2 Å². The van der Waals surface area contributed by atoms with E-state index in [1.54, 1.807) is 43.7 Å². The number of hydrogen-bond donors (Lipinski definition) is 4. The second kappa shape index (κ2) is 34.5. The van der Waals surface area contributed by atoms with E-state index in [9.17, 15) is 56.6 Å². The average Bonchev–Trinajstić information content (AvgIpc) is 1.58. The third-order valence-electron chi connectivity index (χ3n) is 21.7. The predicted molar refractivity (Wildman–Crippen MR) is 390 cm³/mol. The lowest BCUT2D eigenvalue weighted by atomic mass is 9.77. The number of likely N-dealkylation sites (N-methyl/N-ethyl adjacent to an activating group) is 2. The highest BCUT2D eigenvalue weighted by atomic mass is 35.5. The van der Waals surface area contributed by atoms with Gasteiger partial charge in [-0.2, -0.15) is 13.2 Å². The number of quaternary nitrogens is 2. The van der Waals surface area contributed by atoms with Crippen LogP contribution >= 0.6 is 12.4 Å². The van der Waals surface area contributed by atoms with E-state index in [0.717, 1.165) is 62.6 Å². The molecule has 5 amide bonds. The van der Waals surface area contributed by atoms with Gasteiger partial charge in [0.05, 0.1) is 23.0 Å². The van der Waals surface area contributed by atoms with Crippen LogP contribution in [0, 0.1) is 12.8 Å². The molecule has 3 saturated heterocycles. The number of anilines is 2. The number of pyridine rings is 4. The Morgan fingerprint density at radius 2 is 1.01 bits per heavy atom. The number of nitrogens with one attached hydrogen (secondary N) is 2. The first-order valence-electron chi connectivity index (χ1n) is 35.5. The molecule has 26 heteroatoms. The molecule has 0 bridgehead atoms. The number of benzene rings is 4. The van der Waals surface area contributed by atoms with Crippen LogP contribution in [0.3, 0.4) is 0 Å². The zero-order chi connectivity index (χ0) is 75.1. The summed E-state index contributed by atoms with van der Waals surface area (Å²) in [5, 5.41) is 15.9. The van der Waals surface area contributed by atoms with Crippen LogP contribution in [0.15, 0.2) is 176 Å². The number of aromatic nitrogens is 4. The monoisotopic (exact) mass is 1500 g/mol. The lowest BCUT2D eigenvalue weighted by Gasteiger charge is -2.42. The number of likely N-dealkylation sites (tertiary alicyclic amines) is 3. The normalized spacial score (nSPS) is 24.1. The second-order valence-electron chi connectivity index (χ2n) is 28.1. The number of fused-ring (bicyclic) bond motifs is 6. The first-order valence-corrected chi connectivity index (χ1v) is 35.5. The fourth-order valence-electron chi connectivity index (χ4n) is 16.1. The summed E-state index contributed by atoms with van der Waals surface area (Å²) in [4.78, 5) is 119. The molecule has 4 aromatic heterocycles. The molecule has 0 unspecified atom stereocenters. The molecule has 9 heterocycles. The van der Waals surface area contributed by atoms with E-state index in [1.165, 1.54) is 29.5 Å². The number of carbonyl (C=O) groups is 8. The Kier molecular flexibility index (Phi) is 26.1. The molecule has 8 aromatic rings. The third-order valence-corrected chi connectivity index (χ3v) is 21.7. The summed E-state index contributed by atoms with van der Waals surface area (Å²) in [6, 6.07) is 46.9. The maximum Gasteiger partial charge on any atom is 0.406 e. The number of ketones is 1. The van der Waals surface area contributed by atoms with Gasteiger partial charge in [0.2, 0.25) is 17.7 Å². The molecule has 15 rings (SSSR count). The minimum atomic E-state index is -4.39. The van der Waals surface area contributed by atoms with E-state index < -0.39 is 47.5 Å². The number of ether oxygens (including phenoxy) is 1. The van der Waals surface area contributed by atoms with Crippen molar-refractivity contribution in [2.45, 2.75) is 158 Å². The number of carbonyl (C=O) groups excluding carboxylic acids is 8.